The van der Waals surface area contributed by atoms with E-state index in [0.29, 0.717) is 5.71 Å². The second-order valence-electron chi connectivity index (χ2n) is 8.96. The molecule has 1 saturated heterocycles. The summed E-state index contributed by atoms with van der Waals surface area (Å²) in [6.45, 7) is 3.82. The van der Waals surface area contributed by atoms with E-state index in [-0.39, 0.29) is 12.6 Å². The average Bonchev–Trinajstić information content (AvgIpc) is 3.18. The van der Waals surface area contributed by atoms with Crippen molar-refractivity contribution < 1.29 is 19.1 Å². The van der Waals surface area contributed by atoms with Crippen molar-refractivity contribution in [3.8, 4) is 0 Å². The molecule has 3 aromatic carbocycles. The zero-order valence-electron chi connectivity index (χ0n) is 21.7. The molecule has 0 spiro atoms. The summed E-state index contributed by atoms with van der Waals surface area (Å²) in [5, 5.41) is 0. The fourth-order valence-electron chi connectivity index (χ4n) is 4.53. The van der Waals surface area contributed by atoms with Gasteiger partial charge in [0.1, 0.15) is 6.04 Å². The lowest BCUT2D eigenvalue weighted by atomic mass is 9.99. The number of benzene rings is 3. The molecule has 1 fully saturated rings. The zero-order chi connectivity index (χ0) is 27.1. The molecule has 194 valence electrons. The maximum Gasteiger partial charge on any atom is 0.330 e. The Morgan fingerprint density at radius 2 is 1.45 bits per heavy atom. The Balaban J connectivity index is 1.83. The molecule has 1 heterocycles. The number of esters is 1. The van der Waals surface area contributed by atoms with Crippen LogP contribution >= 0.6 is 0 Å². The SMILES string of the molecule is CCOC(=O)/C=C/[C@H](N=C(c1ccccc1)c1ccccc1)C(=O)N1C(=O)N(C)[C@@H](C)[C@H]1c1ccccc1. The summed E-state index contributed by atoms with van der Waals surface area (Å²) in [4.78, 5) is 47.4. The van der Waals surface area contributed by atoms with E-state index < -0.39 is 30.0 Å². The molecule has 3 atom stereocenters. The van der Waals surface area contributed by atoms with Gasteiger partial charge in [-0.05, 0) is 25.5 Å². The highest BCUT2D eigenvalue weighted by Gasteiger charge is 2.47. The van der Waals surface area contributed by atoms with Crippen molar-refractivity contribution >= 4 is 23.6 Å². The number of rotatable bonds is 8. The van der Waals surface area contributed by atoms with Gasteiger partial charge in [0.2, 0.25) is 0 Å². The Morgan fingerprint density at radius 1 is 0.921 bits per heavy atom. The van der Waals surface area contributed by atoms with Crippen molar-refractivity contribution in [2.45, 2.75) is 32.0 Å². The van der Waals surface area contributed by atoms with Crippen LogP contribution in [-0.2, 0) is 14.3 Å². The Labute approximate surface area is 223 Å². The molecule has 0 N–H and O–H groups in total. The molecule has 1 aliphatic heterocycles. The van der Waals surface area contributed by atoms with Gasteiger partial charge in [-0.2, -0.15) is 0 Å². The van der Waals surface area contributed by atoms with Crippen LogP contribution in [0.4, 0.5) is 4.79 Å². The third kappa shape index (κ3) is 5.72. The number of carbonyl (C=O) groups excluding carboxylic acids is 3. The predicted octanol–water partition coefficient (Wildman–Crippen LogP) is 5.04. The van der Waals surface area contributed by atoms with Gasteiger partial charge in [-0.15, -0.1) is 0 Å². The Bertz CT molecular complexity index is 1280. The molecule has 38 heavy (non-hydrogen) atoms. The van der Waals surface area contributed by atoms with E-state index in [2.05, 4.69) is 0 Å². The average molecular weight is 510 g/mol. The molecule has 1 aliphatic rings. The second kappa shape index (κ2) is 12.1. The lowest BCUT2D eigenvalue weighted by Crippen LogP contribution is -2.42. The van der Waals surface area contributed by atoms with E-state index in [4.69, 9.17) is 9.73 Å². The van der Waals surface area contributed by atoms with E-state index in [1.54, 1.807) is 18.9 Å². The summed E-state index contributed by atoms with van der Waals surface area (Å²) < 4.78 is 5.04. The molecule has 3 aromatic rings. The number of hydrogen-bond acceptors (Lipinski definition) is 5. The number of likely N-dealkylation sites (N-methyl/N-ethyl adjacent to an activating group) is 1. The van der Waals surface area contributed by atoms with Crippen molar-refractivity contribution in [2.75, 3.05) is 13.7 Å². The summed E-state index contributed by atoms with van der Waals surface area (Å²) in [6, 6.07) is 26.2. The van der Waals surface area contributed by atoms with Crippen molar-refractivity contribution in [3.05, 3.63) is 120 Å². The molecule has 0 aliphatic carbocycles. The highest BCUT2D eigenvalue weighted by Crippen LogP contribution is 2.35. The number of imide groups is 1. The number of urea groups is 1. The van der Waals surface area contributed by atoms with Crippen LogP contribution in [-0.4, -0.2) is 59.2 Å². The number of carbonyl (C=O) groups is 3. The molecule has 7 nitrogen and oxygen atoms in total. The first kappa shape index (κ1) is 26.5. The first-order valence-electron chi connectivity index (χ1n) is 12.6. The van der Waals surface area contributed by atoms with Gasteiger partial charge < -0.3 is 9.64 Å². The maximum atomic E-state index is 14.2. The molecule has 0 saturated carbocycles. The zero-order valence-corrected chi connectivity index (χ0v) is 21.7. The van der Waals surface area contributed by atoms with Crippen molar-refractivity contribution in [2.24, 2.45) is 4.99 Å². The number of hydrogen-bond donors (Lipinski definition) is 0. The number of ether oxygens (including phenoxy) is 1. The first-order valence-corrected chi connectivity index (χ1v) is 12.6. The van der Waals surface area contributed by atoms with E-state index in [1.165, 1.54) is 17.1 Å². The van der Waals surface area contributed by atoms with Gasteiger partial charge in [0.05, 0.1) is 24.4 Å². The monoisotopic (exact) mass is 509 g/mol. The van der Waals surface area contributed by atoms with Crippen LogP contribution < -0.4 is 0 Å². The summed E-state index contributed by atoms with van der Waals surface area (Å²) >= 11 is 0. The third-order valence-corrected chi connectivity index (χ3v) is 6.55. The van der Waals surface area contributed by atoms with Crippen LogP contribution in [0.25, 0.3) is 0 Å². The summed E-state index contributed by atoms with van der Waals surface area (Å²) in [7, 11) is 1.68. The molecule has 0 radical (unpaired) electrons. The molecule has 0 aromatic heterocycles. The van der Waals surface area contributed by atoms with E-state index in [1.807, 2.05) is 97.9 Å². The fourth-order valence-corrected chi connectivity index (χ4v) is 4.53. The lowest BCUT2D eigenvalue weighted by Gasteiger charge is -2.26. The predicted molar refractivity (Wildman–Crippen MR) is 147 cm³/mol. The number of nitrogens with zero attached hydrogens (tertiary/aromatic N) is 3. The molecule has 7 heteroatoms. The van der Waals surface area contributed by atoms with Crippen molar-refractivity contribution in [1.29, 1.82) is 0 Å². The topological polar surface area (TPSA) is 79.3 Å². The summed E-state index contributed by atoms with van der Waals surface area (Å²) in [5.41, 5.74) is 3.02. The fraction of sp³-hybridized carbons (Fsp3) is 0.226. The van der Waals surface area contributed by atoms with Gasteiger partial charge in [-0.25, -0.2) is 9.59 Å². The van der Waals surface area contributed by atoms with Crippen LogP contribution in [0, 0.1) is 0 Å². The highest BCUT2D eigenvalue weighted by molar-refractivity contribution is 6.14. The molecule has 4 rings (SSSR count). The normalized spacial score (nSPS) is 17.9. The third-order valence-electron chi connectivity index (χ3n) is 6.55. The van der Waals surface area contributed by atoms with Gasteiger partial charge >= 0.3 is 12.0 Å². The second-order valence-corrected chi connectivity index (χ2v) is 8.96. The molecular weight excluding hydrogens is 478 g/mol. The van der Waals surface area contributed by atoms with Gasteiger partial charge in [-0.1, -0.05) is 91.0 Å². The number of aliphatic imine (C=N–C) groups is 1. The summed E-state index contributed by atoms with van der Waals surface area (Å²) in [5.74, 6) is -1.11. The molecule has 0 unspecified atom stereocenters. The molecule has 3 amide bonds. The van der Waals surface area contributed by atoms with Crippen molar-refractivity contribution in [1.82, 2.24) is 9.80 Å². The Morgan fingerprint density at radius 3 is 1.97 bits per heavy atom. The smallest absolute Gasteiger partial charge is 0.330 e. The van der Waals surface area contributed by atoms with E-state index in [9.17, 15) is 14.4 Å². The summed E-state index contributed by atoms with van der Waals surface area (Å²) in [6.07, 6.45) is 2.61. The minimum Gasteiger partial charge on any atom is -0.463 e. The van der Waals surface area contributed by atoms with E-state index in [0.717, 1.165) is 16.7 Å². The molecule has 0 bridgehead atoms. The van der Waals surface area contributed by atoms with E-state index >= 15 is 0 Å². The van der Waals surface area contributed by atoms with Crippen LogP contribution in [0.2, 0.25) is 0 Å². The number of amides is 3. The van der Waals surface area contributed by atoms with Crippen LogP contribution in [0.5, 0.6) is 0 Å². The molecular formula is C31H31N3O4. The van der Waals surface area contributed by atoms with Crippen LogP contribution in [0.3, 0.4) is 0 Å². The minimum absolute atomic E-state index is 0.202. The highest BCUT2D eigenvalue weighted by atomic mass is 16.5. The maximum absolute atomic E-state index is 14.2. The van der Waals surface area contributed by atoms with Crippen molar-refractivity contribution in [3.63, 3.8) is 0 Å². The first-order chi connectivity index (χ1) is 18.4. The minimum atomic E-state index is -1.15. The van der Waals surface area contributed by atoms with Gasteiger partial charge in [0.15, 0.2) is 0 Å². The Hall–Kier alpha value is -4.52. The lowest BCUT2D eigenvalue weighted by molar-refractivity contribution is -0.137. The standard InChI is InChI=1S/C31H31N3O4/c1-4-38-27(35)21-20-26(32-28(23-14-8-5-9-15-23)24-16-10-6-11-17-24)30(36)34-29(22(2)33(3)31(34)37)25-18-12-7-13-19-25/h5-22,26,29H,4H2,1-3H3/b21-20+/t22-,26-,29-/m0/s1. The Kier molecular flexibility index (Phi) is 8.48. The van der Waals surface area contributed by atoms with Crippen LogP contribution in [0.1, 0.15) is 36.6 Å². The quantitative estimate of drug-likeness (QED) is 0.242. The van der Waals surface area contributed by atoms with Gasteiger partial charge in [0, 0.05) is 24.3 Å². The van der Waals surface area contributed by atoms with Gasteiger partial charge in [-0.3, -0.25) is 14.7 Å². The van der Waals surface area contributed by atoms with Gasteiger partial charge in [0.25, 0.3) is 5.91 Å². The van der Waals surface area contributed by atoms with Crippen LogP contribution in [0.15, 0.2) is 108 Å². The largest absolute Gasteiger partial charge is 0.463 e.